The fourth-order valence-corrected chi connectivity index (χ4v) is 2.68. The lowest BCUT2D eigenvalue weighted by Gasteiger charge is -2.03. The third-order valence-corrected chi connectivity index (χ3v) is 4.00. The molecule has 0 radical (unpaired) electrons. The lowest BCUT2D eigenvalue weighted by Crippen LogP contribution is -2.00. The van der Waals surface area contributed by atoms with Crippen molar-refractivity contribution in [3.63, 3.8) is 0 Å². The fraction of sp³-hybridized carbons (Fsp3) is 0.235. The highest BCUT2D eigenvalue weighted by Crippen LogP contribution is 2.14. The van der Waals surface area contributed by atoms with Gasteiger partial charge in [0, 0.05) is 23.4 Å². The molecule has 2 aromatic heterocycles. The Bertz CT molecular complexity index is 917. The lowest BCUT2D eigenvalue weighted by molar-refractivity contribution is 0.414. The zero-order valence-corrected chi connectivity index (χ0v) is 14.6. The predicted molar refractivity (Wildman–Crippen MR) is 96.5 cm³/mol. The lowest BCUT2D eigenvalue weighted by atomic mass is 10.1. The molecule has 24 heavy (non-hydrogen) atoms. The van der Waals surface area contributed by atoms with Crippen LogP contribution < -0.4 is 4.74 Å². The van der Waals surface area contributed by atoms with Crippen LogP contribution in [0.5, 0.6) is 5.75 Å². The van der Waals surface area contributed by atoms with E-state index in [9.17, 15) is 0 Å². The summed E-state index contributed by atoms with van der Waals surface area (Å²) in [5, 5.41) is 11.6. The quantitative estimate of drug-likeness (QED) is 0.552. The molecule has 2 N–H and O–H groups in total. The summed E-state index contributed by atoms with van der Waals surface area (Å²) >= 11 is 5.29. The number of hydrogen-bond acceptors (Lipinski definition) is 4. The summed E-state index contributed by atoms with van der Waals surface area (Å²) in [7, 11) is 1.65. The third kappa shape index (κ3) is 3.46. The van der Waals surface area contributed by atoms with Gasteiger partial charge in [-0.3, -0.25) is 5.10 Å². The second-order valence-electron chi connectivity index (χ2n) is 5.56. The van der Waals surface area contributed by atoms with Gasteiger partial charge < -0.3 is 9.72 Å². The molecule has 0 amide bonds. The number of benzene rings is 1. The SMILES string of the molecule is COc1ccc(Cc2n[nH]c(=S)n2/N=C/c2cc(C)[nH]c2C)cc1. The number of nitrogens with zero attached hydrogens (tertiary/aromatic N) is 3. The van der Waals surface area contributed by atoms with E-state index in [1.54, 1.807) is 18.0 Å². The van der Waals surface area contributed by atoms with Crippen LogP contribution in [0, 0.1) is 18.6 Å². The van der Waals surface area contributed by atoms with E-state index >= 15 is 0 Å². The highest BCUT2D eigenvalue weighted by atomic mass is 32.1. The van der Waals surface area contributed by atoms with Crippen molar-refractivity contribution in [1.29, 1.82) is 0 Å². The first kappa shape index (κ1) is 16.2. The molecule has 2 heterocycles. The molecule has 0 saturated heterocycles. The molecule has 0 atom stereocenters. The Morgan fingerprint density at radius 3 is 2.67 bits per heavy atom. The number of hydrogen-bond donors (Lipinski definition) is 2. The molecule has 1 aromatic carbocycles. The van der Waals surface area contributed by atoms with Gasteiger partial charge in [0.2, 0.25) is 4.77 Å². The first-order chi connectivity index (χ1) is 11.6. The van der Waals surface area contributed by atoms with Gasteiger partial charge in [-0.15, -0.1) is 0 Å². The van der Waals surface area contributed by atoms with Crippen LogP contribution in [0.1, 0.15) is 28.3 Å². The van der Waals surface area contributed by atoms with Crippen molar-refractivity contribution >= 4 is 18.4 Å². The molecule has 7 heteroatoms. The van der Waals surface area contributed by atoms with Gasteiger partial charge >= 0.3 is 0 Å². The van der Waals surface area contributed by atoms with Crippen molar-refractivity contribution in [2.24, 2.45) is 5.10 Å². The molecule has 6 nitrogen and oxygen atoms in total. The monoisotopic (exact) mass is 341 g/mol. The molecule has 0 bridgehead atoms. The summed E-state index contributed by atoms with van der Waals surface area (Å²) in [5.74, 6) is 1.58. The molecular formula is C17H19N5OS. The normalized spacial score (nSPS) is 11.3. The molecule has 0 aliphatic heterocycles. The van der Waals surface area contributed by atoms with Crippen molar-refractivity contribution in [2.75, 3.05) is 7.11 Å². The first-order valence-corrected chi connectivity index (χ1v) is 7.97. The van der Waals surface area contributed by atoms with Gasteiger partial charge in [-0.1, -0.05) is 12.1 Å². The Balaban J connectivity index is 1.85. The van der Waals surface area contributed by atoms with Gasteiger partial charge in [-0.25, -0.2) is 0 Å². The number of H-pyrrole nitrogens is 2. The van der Waals surface area contributed by atoms with Gasteiger partial charge in [-0.2, -0.15) is 14.9 Å². The van der Waals surface area contributed by atoms with Gasteiger partial charge in [0.05, 0.1) is 13.3 Å². The average molecular weight is 341 g/mol. The topological polar surface area (TPSA) is 71.0 Å². The number of ether oxygens (including phenoxy) is 1. The highest BCUT2D eigenvalue weighted by molar-refractivity contribution is 7.71. The molecular weight excluding hydrogens is 322 g/mol. The fourth-order valence-electron chi connectivity index (χ4n) is 2.48. The van der Waals surface area contributed by atoms with Crippen molar-refractivity contribution < 1.29 is 4.74 Å². The molecule has 0 saturated carbocycles. The molecule has 3 aromatic rings. The standard InChI is InChI=1S/C17H19N5OS/c1-11-8-14(12(2)19-11)10-18-22-16(20-21-17(22)24)9-13-4-6-15(23-3)7-5-13/h4-8,10,19H,9H2,1-3H3,(H,21,24)/b18-10+. The van der Waals surface area contributed by atoms with E-state index in [1.807, 2.05) is 44.2 Å². The number of nitrogens with one attached hydrogen (secondary N) is 2. The molecule has 0 unspecified atom stereocenters. The van der Waals surface area contributed by atoms with E-state index in [0.717, 1.165) is 34.1 Å². The maximum atomic E-state index is 5.29. The van der Waals surface area contributed by atoms with Crippen LogP contribution in [0.15, 0.2) is 35.4 Å². The second kappa shape index (κ2) is 6.84. The van der Waals surface area contributed by atoms with Gasteiger partial charge in [-0.05, 0) is 49.8 Å². The van der Waals surface area contributed by atoms with E-state index in [4.69, 9.17) is 17.0 Å². The summed E-state index contributed by atoms with van der Waals surface area (Å²) < 4.78 is 7.30. The van der Waals surface area contributed by atoms with Crippen LogP contribution in [0.2, 0.25) is 0 Å². The van der Waals surface area contributed by atoms with Gasteiger partial charge in [0.25, 0.3) is 0 Å². The summed E-state index contributed by atoms with van der Waals surface area (Å²) in [5.41, 5.74) is 4.31. The molecule has 0 fully saturated rings. The van der Waals surface area contributed by atoms with Crippen molar-refractivity contribution in [3.05, 3.63) is 63.4 Å². The first-order valence-electron chi connectivity index (χ1n) is 7.56. The molecule has 3 rings (SSSR count). The Morgan fingerprint density at radius 2 is 2.04 bits per heavy atom. The van der Waals surface area contributed by atoms with Crippen LogP contribution in [0.25, 0.3) is 0 Å². The van der Waals surface area contributed by atoms with Crippen molar-refractivity contribution in [3.8, 4) is 5.75 Å². The summed E-state index contributed by atoms with van der Waals surface area (Å²) in [6.45, 7) is 4.03. The van der Waals surface area contributed by atoms with E-state index < -0.39 is 0 Å². The number of methoxy groups -OCH3 is 1. The van der Waals surface area contributed by atoms with Crippen LogP contribution in [-0.4, -0.2) is 33.2 Å². The number of aromatic nitrogens is 4. The van der Waals surface area contributed by atoms with E-state index in [-0.39, 0.29) is 0 Å². The predicted octanol–water partition coefficient (Wildman–Crippen LogP) is 3.37. The molecule has 0 aliphatic carbocycles. The van der Waals surface area contributed by atoms with Crippen molar-refractivity contribution in [2.45, 2.75) is 20.3 Å². The van der Waals surface area contributed by atoms with Crippen LogP contribution in [-0.2, 0) is 6.42 Å². The van der Waals surface area contributed by atoms with E-state index in [2.05, 4.69) is 20.3 Å². The van der Waals surface area contributed by atoms with E-state index in [1.165, 1.54) is 0 Å². The maximum absolute atomic E-state index is 5.29. The second-order valence-corrected chi connectivity index (χ2v) is 5.95. The summed E-state index contributed by atoms with van der Waals surface area (Å²) in [6, 6.07) is 9.91. The van der Waals surface area contributed by atoms with Crippen LogP contribution in [0.4, 0.5) is 0 Å². The van der Waals surface area contributed by atoms with Crippen molar-refractivity contribution in [1.82, 2.24) is 19.9 Å². The summed E-state index contributed by atoms with van der Waals surface area (Å²) in [6.07, 6.45) is 2.42. The van der Waals surface area contributed by atoms with Gasteiger partial charge in [0.1, 0.15) is 5.75 Å². The summed E-state index contributed by atoms with van der Waals surface area (Å²) in [4.78, 5) is 3.26. The molecule has 124 valence electrons. The van der Waals surface area contributed by atoms with Gasteiger partial charge in [0.15, 0.2) is 5.82 Å². The minimum absolute atomic E-state index is 0.472. The Kier molecular flexibility index (Phi) is 4.61. The minimum Gasteiger partial charge on any atom is -0.497 e. The number of aryl methyl sites for hydroxylation is 2. The van der Waals surface area contributed by atoms with Crippen LogP contribution >= 0.6 is 12.2 Å². The Morgan fingerprint density at radius 1 is 1.29 bits per heavy atom. The number of rotatable bonds is 5. The molecule has 0 aliphatic rings. The third-order valence-electron chi connectivity index (χ3n) is 3.74. The Labute approximate surface area is 145 Å². The Hall–Kier alpha value is -2.67. The largest absolute Gasteiger partial charge is 0.497 e. The smallest absolute Gasteiger partial charge is 0.216 e. The molecule has 0 spiro atoms. The van der Waals surface area contributed by atoms with E-state index in [0.29, 0.717) is 11.2 Å². The van der Waals surface area contributed by atoms with Crippen LogP contribution in [0.3, 0.4) is 0 Å². The zero-order valence-electron chi connectivity index (χ0n) is 13.8. The zero-order chi connectivity index (χ0) is 17.1. The minimum atomic E-state index is 0.472. The highest BCUT2D eigenvalue weighted by Gasteiger charge is 2.07. The average Bonchev–Trinajstić information content (AvgIpc) is 3.08. The maximum Gasteiger partial charge on any atom is 0.216 e. The number of aromatic amines is 2.